The second kappa shape index (κ2) is 5.96. The van der Waals surface area contributed by atoms with Gasteiger partial charge >= 0.3 is 5.97 Å². The predicted octanol–water partition coefficient (Wildman–Crippen LogP) is 2.64. The number of carboxylic acids is 1. The van der Waals surface area contributed by atoms with Crippen LogP contribution in [-0.2, 0) is 16.1 Å². The Balaban J connectivity index is 2.15. The third-order valence-corrected chi connectivity index (χ3v) is 3.84. The number of carbonyl (C=O) groups excluding carboxylic acids is 1. The molecule has 0 saturated carbocycles. The first kappa shape index (κ1) is 14.4. The molecule has 0 aromatic heterocycles. The first-order valence-electron chi connectivity index (χ1n) is 6.29. The molecule has 0 saturated heterocycles. The Hall–Kier alpha value is -2.02. The monoisotopic (exact) mass is 293 g/mol. The number of benzene rings is 1. The van der Waals surface area contributed by atoms with Crippen molar-refractivity contribution in [2.45, 2.75) is 26.3 Å². The van der Waals surface area contributed by atoms with Gasteiger partial charge in [0.2, 0.25) is 0 Å². The average molecular weight is 293 g/mol. The van der Waals surface area contributed by atoms with Crippen molar-refractivity contribution in [1.82, 2.24) is 5.32 Å². The second-order valence-corrected chi connectivity index (χ2v) is 5.17. The minimum Gasteiger partial charge on any atom is -0.480 e. The summed E-state index contributed by atoms with van der Waals surface area (Å²) in [5, 5.41) is 11.7. The van der Waals surface area contributed by atoms with Gasteiger partial charge in [0.15, 0.2) is 0 Å². The van der Waals surface area contributed by atoms with Gasteiger partial charge in [-0.15, -0.1) is 0 Å². The van der Waals surface area contributed by atoms with Gasteiger partial charge in [0.25, 0.3) is 5.91 Å². The molecule has 2 N–H and O–H groups in total. The molecular weight excluding hydrogens is 278 g/mol. The SMILES string of the molecule is CC[C@H](C)[C@H](NC(=O)c1ccc2c(c1)N=S=N2)C(=O)O. The average Bonchev–Trinajstić information content (AvgIpc) is 2.90. The van der Waals surface area contributed by atoms with Crippen LogP contribution in [0.5, 0.6) is 0 Å². The second-order valence-electron chi connectivity index (χ2n) is 4.64. The molecule has 2 atom stereocenters. The van der Waals surface area contributed by atoms with Crippen molar-refractivity contribution in [2.24, 2.45) is 14.6 Å². The number of carboxylic acid groups (broad SMARTS) is 1. The smallest absolute Gasteiger partial charge is 0.326 e. The molecule has 1 aromatic rings. The first-order chi connectivity index (χ1) is 9.52. The molecule has 2 rings (SSSR count). The lowest BCUT2D eigenvalue weighted by atomic mass is 9.99. The van der Waals surface area contributed by atoms with E-state index in [2.05, 4.69) is 14.0 Å². The highest BCUT2D eigenvalue weighted by Gasteiger charge is 2.26. The van der Waals surface area contributed by atoms with Gasteiger partial charge in [0.1, 0.15) is 17.4 Å². The summed E-state index contributed by atoms with van der Waals surface area (Å²) in [6, 6.07) is 4.04. The molecule has 0 aliphatic carbocycles. The summed E-state index contributed by atoms with van der Waals surface area (Å²) in [7, 11) is 0. The lowest BCUT2D eigenvalue weighted by Gasteiger charge is -2.20. The Kier molecular flexibility index (Phi) is 4.29. The Labute approximate surface area is 120 Å². The van der Waals surface area contributed by atoms with E-state index in [1.54, 1.807) is 25.1 Å². The predicted molar refractivity (Wildman–Crippen MR) is 76.3 cm³/mol. The highest BCUT2D eigenvalue weighted by molar-refractivity contribution is 7.58. The van der Waals surface area contributed by atoms with Crippen LogP contribution in [0.3, 0.4) is 0 Å². The van der Waals surface area contributed by atoms with Crippen molar-refractivity contribution in [3.05, 3.63) is 23.8 Å². The molecule has 0 radical (unpaired) electrons. The summed E-state index contributed by atoms with van der Waals surface area (Å²) >= 11 is 1.07. The molecule has 1 aliphatic rings. The van der Waals surface area contributed by atoms with E-state index in [9.17, 15) is 14.7 Å². The highest BCUT2D eigenvalue weighted by Crippen LogP contribution is 2.32. The zero-order valence-corrected chi connectivity index (χ0v) is 12.0. The molecule has 0 bridgehead atoms. The Morgan fingerprint density at radius 3 is 2.70 bits per heavy atom. The number of carbonyl (C=O) groups is 2. The molecule has 6 nitrogen and oxygen atoms in total. The van der Waals surface area contributed by atoms with Gasteiger partial charge in [-0.1, -0.05) is 20.3 Å². The number of hydrogen-bond acceptors (Lipinski definition) is 4. The third-order valence-electron chi connectivity index (χ3n) is 3.28. The number of hydrogen-bond donors (Lipinski definition) is 2. The molecule has 0 fully saturated rings. The number of nitrogens with zero attached hydrogens (tertiary/aromatic N) is 2. The van der Waals surface area contributed by atoms with E-state index < -0.39 is 17.9 Å². The normalized spacial score (nSPS) is 15.1. The molecule has 7 heteroatoms. The van der Waals surface area contributed by atoms with E-state index in [-0.39, 0.29) is 5.92 Å². The van der Waals surface area contributed by atoms with Crippen molar-refractivity contribution < 1.29 is 14.7 Å². The number of aliphatic carboxylic acids is 1. The van der Waals surface area contributed by atoms with Gasteiger partial charge in [0.05, 0.1) is 11.4 Å². The van der Waals surface area contributed by atoms with Gasteiger partial charge in [-0.3, -0.25) is 4.79 Å². The molecule has 1 aliphatic heterocycles. The van der Waals surface area contributed by atoms with Crippen molar-refractivity contribution in [1.29, 1.82) is 0 Å². The van der Waals surface area contributed by atoms with E-state index in [1.165, 1.54) is 0 Å². The quantitative estimate of drug-likeness (QED) is 0.887. The number of fused-ring (bicyclic) bond motifs is 1. The largest absolute Gasteiger partial charge is 0.480 e. The minimum absolute atomic E-state index is 0.138. The van der Waals surface area contributed by atoms with Crippen LogP contribution < -0.4 is 5.32 Å². The minimum atomic E-state index is -1.02. The maximum absolute atomic E-state index is 12.1. The summed E-state index contributed by atoms with van der Waals surface area (Å²) in [5.74, 6) is -1.57. The fourth-order valence-electron chi connectivity index (χ4n) is 1.83. The molecule has 0 unspecified atom stereocenters. The maximum Gasteiger partial charge on any atom is 0.326 e. The van der Waals surface area contributed by atoms with E-state index in [0.29, 0.717) is 17.7 Å². The van der Waals surface area contributed by atoms with Crippen molar-refractivity contribution in [3.63, 3.8) is 0 Å². The van der Waals surface area contributed by atoms with E-state index in [1.807, 2.05) is 6.92 Å². The van der Waals surface area contributed by atoms with Crippen molar-refractivity contribution in [3.8, 4) is 0 Å². The van der Waals surface area contributed by atoms with Crippen LogP contribution in [0.4, 0.5) is 11.4 Å². The molecule has 106 valence electrons. The van der Waals surface area contributed by atoms with E-state index in [4.69, 9.17) is 0 Å². The van der Waals surface area contributed by atoms with Gasteiger partial charge < -0.3 is 10.4 Å². The van der Waals surface area contributed by atoms with Crippen LogP contribution in [0.1, 0.15) is 30.6 Å². The number of nitrogens with one attached hydrogen (secondary N) is 1. The van der Waals surface area contributed by atoms with Gasteiger partial charge in [0, 0.05) is 5.56 Å². The molecule has 1 heterocycles. The molecule has 0 spiro atoms. The Morgan fingerprint density at radius 1 is 1.35 bits per heavy atom. The molecule has 1 amide bonds. The number of amides is 1. The van der Waals surface area contributed by atoms with Crippen LogP contribution >= 0.6 is 0 Å². The van der Waals surface area contributed by atoms with Crippen LogP contribution in [0.2, 0.25) is 0 Å². The van der Waals surface area contributed by atoms with Crippen molar-refractivity contribution >= 4 is 34.6 Å². The van der Waals surface area contributed by atoms with Crippen LogP contribution in [0.15, 0.2) is 26.9 Å². The van der Waals surface area contributed by atoms with Crippen molar-refractivity contribution in [2.75, 3.05) is 0 Å². The summed E-state index contributed by atoms with van der Waals surface area (Å²) in [6.45, 7) is 3.69. The molecule has 1 aromatic carbocycles. The fraction of sp³-hybridized carbons (Fsp3) is 0.385. The standard InChI is InChI=1S/C13H15N3O3S/c1-3-7(2)11(13(18)19)14-12(17)8-4-5-9-10(6-8)16-20-15-9/h4-7,11H,3H2,1-2H3,(H,14,17)(H,18,19)/t7-,11-/m0/s1. The summed E-state index contributed by atoms with van der Waals surface area (Å²) in [6.07, 6.45) is 0.673. The van der Waals surface area contributed by atoms with Crippen LogP contribution in [-0.4, -0.2) is 23.0 Å². The van der Waals surface area contributed by atoms with Gasteiger partial charge in [-0.05, 0) is 24.1 Å². The Bertz CT molecular complexity index is 623. The molecular formula is C13H15N3O3S. The summed E-state index contributed by atoms with van der Waals surface area (Å²) in [5.41, 5.74) is 1.75. The Morgan fingerprint density at radius 2 is 2.05 bits per heavy atom. The lowest BCUT2D eigenvalue weighted by Crippen LogP contribution is -2.45. The summed E-state index contributed by atoms with van der Waals surface area (Å²) in [4.78, 5) is 23.3. The highest BCUT2D eigenvalue weighted by atomic mass is 32.1. The maximum atomic E-state index is 12.1. The third kappa shape index (κ3) is 2.93. The zero-order chi connectivity index (χ0) is 14.7. The topological polar surface area (TPSA) is 91.1 Å². The van der Waals surface area contributed by atoms with E-state index in [0.717, 1.165) is 17.0 Å². The lowest BCUT2D eigenvalue weighted by molar-refractivity contribution is -0.140. The summed E-state index contributed by atoms with van der Waals surface area (Å²) < 4.78 is 8.12. The first-order valence-corrected chi connectivity index (χ1v) is 7.02. The van der Waals surface area contributed by atoms with Gasteiger partial charge in [-0.2, -0.15) is 8.73 Å². The van der Waals surface area contributed by atoms with Gasteiger partial charge in [-0.25, -0.2) is 4.79 Å². The van der Waals surface area contributed by atoms with Crippen LogP contribution in [0, 0.1) is 5.92 Å². The van der Waals surface area contributed by atoms with Crippen LogP contribution in [0.25, 0.3) is 0 Å². The number of rotatable bonds is 5. The zero-order valence-electron chi connectivity index (χ0n) is 11.2. The fourth-order valence-corrected chi connectivity index (χ4v) is 2.35. The van der Waals surface area contributed by atoms with E-state index >= 15 is 0 Å². The molecule has 20 heavy (non-hydrogen) atoms.